The predicted molar refractivity (Wildman–Crippen MR) is 60.2 cm³/mol. The molecule has 0 radical (unpaired) electrons. The largest absolute Gasteiger partial charge is 0.350 e. The lowest BCUT2D eigenvalue weighted by atomic mass is 10.2. The van der Waals surface area contributed by atoms with E-state index >= 15 is 0 Å². The number of nitrogens with zero attached hydrogens (tertiary/aromatic N) is 5. The molecule has 7 nitrogen and oxygen atoms in total. The van der Waals surface area contributed by atoms with E-state index in [-0.39, 0.29) is 6.04 Å². The second-order valence-corrected chi connectivity index (χ2v) is 4.50. The van der Waals surface area contributed by atoms with Crippen molar-refractivity contribution >= 4 is 16.7 Å². The molecule has 0 aromatic carbocycles. The van der Waals surface area contributed by atoms with Crippen LogP contribution in [0.2, 0.25) is 0 Å². The van der Waals surface area contributed by atoms with Gasteiger partial charge in [0.15, 0.2) is 5.82 Å². The number of tetrazole rings is 1. The Morgan fingerprint density at radius 2 is 2.06 bits per heavy atom. The van der Waals surface area contributed by atoms with Gasteiger partial charge in [-0.1, -0.05) is 19.1 Å². The Hall–Kier alpha value is -1.57. The van der Waals surface area contributed by atoms with Gasteiger partial charge in [0.2, 0.25) is 5.13 Å². The number of aromatic nitrogens is 6. The fourth-order valence-corrected chi connectivity index (χ4v) is 1.93. The molecule has 0 fully saturated rings. The van der Waals surface area contributed by atoms with Crippen LogP contribution in [0.3, 0.4) is 0 Å². The summed E-state index contributed by atoms with van der Waals surface area (Å²) in [5.74, 6) is 1.81. The zero-order chi connectivity index (χ0) is 11.5. The van der Waals surface area contributed by atoms with E-state index in [4.69, 9.17) is 0 Å². The first kappa shape index (κ1) is 10.9. The molecular weight excluding hydrogens is 226 g/mol. The summed E-state index contributed by atoms with van der Waals surface area (Å²) < 4.78 is 4.25. The molecule has 1 atom stereocenters. The van der Waals surface area contributed by atoms with Crippen LogP contribution in [-0.4, -0.2) is 30.0 Å². The first-order valence-corrected chi connectivity index (χ1v) is 5.77. The summed E-state index contributed by atoms with van der Waals surface area (Å²) >= 11 is 1.35. The lowest BCUT2D eigenvalue weighted by Crippen LogP contribution is -2.08. The number of nitrogens with one attached hydrogen (secondary N) is 2. The average Bonchev–Trinajstić information content (AvgIpc) is 2.87. The molecule has 0 amide bonds. The zero-order valence-electron chi connectivity index (χ0n) is 9.30. The molecule has 2 aromatic rings. The molecule has 2 N–H and O–H groups in total. The van der Waals surface area contributed by atoms with Crippen LogP contribution >= 0.6 is 11.5 Å². The molecule has 2 aromatic heterocycles. The van der Waals surface area contributed by atoms with Crippen LogP contribution in [0.5, 0.6) is 0 Å². The van der Waals surface area contributed by atoms with Gasteiger partial charge in [0.25, 0.3) is 0 Å². The van der Waals surface area contributed by atoms with Crippen molar-refractivity contribution in [3.8, 4) is 0 Å². The first-order valence-electron chi connectivity index (χ1n) is 5.00. The minimum absolute atomic E-state index is 0.0355. The van der Waals surface area contributed by atoms with Crippen molar-refractivity contribution in [2.24, 2.45) is 0 Å². The fraction of sp³-hybridized carbons (Fsp3) is 0.625. The normalized spacial score (nSPS) is 13.0. The number of H-pyrrole nitrogens is 1. The second-order valence-electron chi connectivity index (χ2n) is 3.75. The summed E-state index contributed by atoms with van der Waals surface area (Å²) in [7, 11) is 0. The zero-order valence-corrected chi connectivity index (χ0v) is 10.1. The van der Waals surface area contributed by atoms with Crippen molar-refractivity contribution in [1.29, 1.82) is 0 Å². The summed E-state index contributed by atoms with van der Waals surface area (Å²) in [5, 5.41) is 17.7. The van der Waals surface area contributed by atoms with Gasteiger partial charge < -0.3 is 5.32 Å². The molecule has 86 valence electrons. The molecule has 0 saturated heterocycles. The van der Waals surface area contributed by atoms with Gasteiger partial charge in [0, 0.05) is 17.5 Å². The number of aromatic amines is 1. The second kappa shape index (κ2) is 4.52. The van der Waals surface area contributed by atoms with Gasteiger partial charge in [-0.15, -0.1) is 10.2 Å². The lowest BCUT2D eigenvalue weighted by Gasteiger charge is -2.06. The Labute approximate surface area is 96.9 Å². The highest BCUT2D eigenvalue weighted by molar-refractivity contribution is 7.09. The lowest BCUT2D eigenvalue weighted by molar-refractivity contribution is 0.777. The van der Waals surface area contributed by atoms with E-state index in [1.807, 2.05) is 6.92 Å². The molecule has 0 bridgehead atoms. The SMILES string of the molecule is CC(C)c1nsc(NC(C)c2nn[nH]n2)n1. The van der Waals surface area contributed by atoms with Crippen LogP contribution in [0, 0.1) is 0 Å². The van der Waals surface area contributed by atoms with E-state index in [9.17, 15) is 0 Å². The van der Waals surface area contributed by atoms with Gasteiger partial charge in [-0.05, 0) is 6.92 Å². The van der Waals surface area contributed by atoms with E-state index in [0.29, 0.717) is 11.7 Å². The third-order valence-electron chi connectivity index (χ3n) is 2.05. The van der Waals surface area contributed by atoms with Gasteiger partial charge >= 0.3 is 0 Å². The van der Waals surface area contributed by atoms with Crippen LogP contribution in [0.1, 0.15) is 44.4 Å². The summed E-state index contributed by atoms with van der Waals surface area (Å²) in [4.78, 5) is 4.37. The number of hydrogen-bond donors (Lipinski definition) is 2. The van der Waals surface area contributed by atoms with E-state index in [1.165, 1.54) is 11.5 Å². The summed E-state index contributed by atoms with van der Waals surface area (Å²) in [6.45, 7) is 6.07. The predicted octanol–water partition coefficient (Wildman–Crippen LogP) is 1.35. The van der Waals surface area contributed by atoms with Crippen LogP contribution in [-0.2, 0) is 0 Å². The first-order chi connectivity index (χ1) is 7.66. The van der Waals surface area contributed by atoms with E-state index in [2.05, 4.69) is 49.1 Å². The van der Waals surface area contributed by atoms with Gasteiger partial charge in [-0.25, -0.2) is 4.98 Å². The minimum atomic E-state index is -0.0355. The van der Waals surface area contributed by atoms with E-state index < -0.39 is 0 Å². The smallest absolute Gasteiger partial charge is 0.203 e. The standard InChI is InChI=1S/C8H13N7S/c1-4(2)6-10-8(16-13-6)9-5(3)7-11-14-15-12-7/h4-5H,1-3H3,(H,9,10,13)(H,11,12,14,15). The Kier molecular flexibility index (Phi) is 3.09. The third-order valence-corrected chi connectivity index (χ3v) is 2.71. The molecule has 0 spiro atoms. The number of anilines is 1. The maximum Gasteiger partial charge on any atom is 0.203 e. The maximum absolute atomic E-state index is 4.37. The van der Waals surface area contributed by atoms with Crippen LogP contribution in [0.25, 0.3) is 0 Å². The Morgan fingerprint density at radius 1 is 1.25 bits per heavy atom. The summed E-state index contributed by atoms with van der Waals surface area (Å²) in [5.41, 5.74) is 0. The highest BCUT2D eigenvalue weighted by atomic mass is 32.1. The third kappa shape index (κ3) is 2.32. The number of hydrogen-bond acceptors (Lipinski definition) is 7. The molecule has 1 unspecified atom stereocenters. The van der Waals surface area contributed by atoms with Crippen molar-refractivity contribution in [3.63, 3.8) is 0 Å². The van der Waals surface area contributed by atoms with Crippen molar-refractivity contribution in [3.05, 3.63) is 11.6 Å². The highest BCUT2D eigenvalue weighted by Crippen LogP contribution is 2.20. The monoisotopic (exact) mass is 239 g/mol. The van der Waals surface area contributed by atoms with E-state index in [0.717, 1.165) is 11.0 Å². The van der Waals surface area contributed by atoms with Crippen molar-refractivity contribution < 1.29 is 0 Å². The molecule has 8 heteroatoms. The fourth-order valence-electron chi connectivity index (χ4n) is 1.13. The average molecular weight is 239 g/mol. The molecule has 0 aliphatic carbocycles. The molecule has 2 heterocycles. The topological polar surface area (TPSA) is 92.3 Å². The molecule has 0 saturated carbocycles. The molecule has 0 aliphatic rings. The molecule has 2 rings (SSSR count). The van der Waals surface area contributed by atoms with Crippen LogP contribution < -0.4 is 5.32 Å². The summed E-state index contributed by atoms with van der Waals surface area (Å²) in [6, 6.07) is -0.0355. The van der Waals surface area contributed by atoms with Gasteiger partial charge in [0.05, 0.1) is 6.04 Å². The maximum atomic E-state index is 4.37. The van der Waals surface area contributed by atoms with Gasteiger partial charge in [0.1, 0.15) is 5.82 Å². The van der Waals surface area contributed by atoms with Crippen LogP contribution in [0.4, 0.5) is 5.13 Å². The van der Waals surface area contributed by atoms with Crippen molar-refractivity contribution in [2.75, 3.05) is 5.32 Å². The quantitative estimate of drug-likeness (QED) is 0.836. The molecule has 0 aliphatic heterocycles. The highest BCUT2D eigenvalue weighted by Gasteiger charge is 2.13. The van der Waals surface area contributed by atoms with E-state index in [1.54, 1.807) is 0 Å². The van der Waals surface area contributed by atoms with Crippen molar-refractivity contribution in [2.45, 2.75) is 32.7 Å². The number of rotatable bonds is 4. The molecular formula is C8H13N7S. The Balaban J connectivity index is 2.03. The summed E-state index contributed by atoms with van der Waals surface area (Å²) in [6.07, 6.45) is 0. The van der Waals surface area contributed by atoms with Crippen molar-refractivity contribution in [1.82, 2.24) is 30.0 Å². The van der Waals surface area contributed by atoms with Crippen LogP contribution in [0.15, 0.2) is 0 Å². The van der Waals surface area contributed by atoms with Gasteiger partial charge in [-0.3, -0.25) is 0 Å². The Morgan fingerprint density at radius 3 is 2.62 bits per heavy atom. The Bertz CT molecular complexity index is 435. The van der Waals surface area contributed by atoms with Gasteiger partial charge in [-0.2, -0.15) is 9.59 Å². The minimum Gasteiger partial charge on any atom is -0.350 e. The molecule has 16 heavy (non-hydrogen) atoms.